The van der Waals surface area contributed by atoms with E-state index in [1.807, 2.05) is 17.5 Å². The maximum absolute atomic E-state index is 5.97. The molecule has 0 saturated carbocycles. The Kier molecular flexibility index (Phi) is 5.22. The summed E-state index contributed by atoms with van der Waals surface area (Å²) in [4.78, 5) is 12.8. The van der Waals surface area contributed by atoms with Gasteiger partial charge in [0.1, 0.15) is 6.61 Å². The summed E-state index contributed by atoms with van der Waals surface area (Å²) in [5.41, 5.74) is 0. The van der Waals surface area contributed by atoms with Crippen LogP contribution in [0.2, 0.25) is 0 Å². The minimum atomic E-state index is 0.114. The molecule has 0 radical (unpaired) electrons. The Labute approximate surface area is 155 Å². The number of nitrogens with one attached hydrogen (secondary N) is 1. The van der Waals surface area contributed by atoms with Crippen LogP contribution in [0, 0.1) is 0 Å². The molecule has 3 aromatic heterocycles. The van der Waals surface area contributed by atoms with Crippen LogP contribution in [0.4, 0.5) is 10.9 Å². The van der Waals surface area contributed by atoms with Crippen molar-refractivity contribution in [2.75, 3.05) is 18.5 Å². The zero-order chi connectivity index (χ0) is 17.6. The van der Waals surface area contributed by atoms with Crippen molar-refractivity contribution in [2.45, 2.75) is 18.9 Å². The number of ether oxygens (including phenoxy) is 3. The van der Waals surface area contributed by atoms with Crippen LogP contribution in [0.25, 0.3) is 0 Å². The van der Waals surface area contributed by atoms with Crippen LogP contribution in [-0.2, 0) is 4.74 Å². The van der Waals surface area contributed by atoms with Crippen LogP contribution in [0.15, 0.2) is 48.2 Å². The first kappa shape index (κ1) is 16.7. The second-order valence-corrected chi connectivity index (χ2v) is 6.59. The molecular formula is C18H18N4O3S. The van der Waals surface area contributed by atoms with Crippen LogP contribution in [0.5, 0.6) is 17.4 Å². The van der Waals surface area contributed by atoms with Gasteiger partial charge < -0.3 is 19.5 Å². The van der Waals surface area contributed by atoms with E-state index in [0.717, 1.165) is 24.6 Å². The Morgan fingerprint density at radius 3 is 3.00 bits per heavy atom. The Bertz CT molecular complexity index is 824. The Hall–Kier alpha value is -2.71. The van der Waals surface area contributed by atoms with E-state index in [9.17, 15) is 0 Å². The molecule has 4 rings (SSSR count). The van der Waals surface area contributed by atoms with Gasteiger partial charge in [-0.3, -0.25) is 0 Å². The number of anilines is 2. The molecule has 0 aromatic carbocycles. The molecule has 1 aliphatic rings. The molecule has 7 nitrogen and oxygen atoms in total. The second kappa shape index (κ2) is 8.11. The van der Waals surface area contributed by atoms with Gasteiger partial charge in [-0.1, -0.05) is 6.07 Å². The van der Waals surface area contributed by atoms with E-state index in [1.165, 1.54) is 11.3 Å². The summed E-state index contributed by atoms with van der Waals surface area (Å²) >= 11 is 1.49. The van der Waals surface area contributed by atoms with Gasteiger partial charge in [0.15, 0.2) is 22.4 Å². The van der Waals surface area contributed by atoms with Crippen molar-refractivity contribution in [2.24, 2.45) is 0 Å². The smallest absolute Gasteiger partial charge is 0.219 e. The van der Waals surface area contributed by atoms with Crippen LogP contribution in [0.1, 0.15) is 12.8 Å². The number of aromatic nitrogens is 3. The zero-order valence-corrected chi connectivity index (χ0v) is 14.8. The first-order valence-electron chi connectivity index (χ1n) is 8.37. The van der Waals surface area contributed by atoms with Gasteiger partial charge in [-0.05, 0) is 18.9 Å². The molecule has 1 saturated heterocycles. The van der Waals surface area contributed by atoms with Crippen molar-refractivity contribution in [1.82, 2.24) is 15.0 Å². The quantitative estimate of drug-likeness (QED) is 0.673. The lowest BCUT2D eigenvalue weighted by Crippen LogP contribution is -2.17. The third-order valence-electron chi connectivity index (χ3n) is 3.79. The van der Waals surface area contributed by atoms with Crippen molar-refractivity contribution in [3.05, 3.63) is 48.2 Å². The van der Waals surface area contributed by atoms with Crippen molar-refractivity contribution in [1.29, 1.82) is 0 Å². The van der Waals surface area contributed by atoms with Crippen molar-refractivity contribution in [3.8, 4) is 17.4 Å². The maximum Gasteiger partial charge on any atom is 0.219 e. The standard InChI is InChI=1S/C18H18N4O3S/c1-2-6-19-16(5-1)25-14-10-15(24-12-13-4-3-8-23-13)17(21-11-14)22-18-20-7-9-26-18/h1-2,5-7,9-11,13H,3-4,8,12H2,(H,20,21,22). The fourth-order valence-electron chi connectivity index (χ4n) is 2.56. The fraction of sp³-hybridized carbons (Fsp3) is 0.278. The van der Waals surface area contributed by atoms with E-state index in [-0.39, 0.29) is 6.10 Å². The van der Waals surface area contributed by atoms with E-state index in [2.05, 4.69) is 20.3 Å². The molecule has 1 atom stereocenters. The van der Waals surface area contributed by atoms with E-state index in [4.69, 9.17) is 14.2 Å². The minimum Gasteiger partial charge on any atom is -0.487 e. The average Bonchev–Trinajstić information content (AvgIpc) is 3.36. The van der Waals surface area contributed by atoms with E-state index in [0.29, 0.717) is 29.8 Å². The number of hydrogen-bond donors (Lipinski definition) is 1. The molecule has 0 amide bonds. The number of rotatable bonds is 7. The van der Waals surface area contributed by atoms with Gasteiger partial charge in [0.05, 0.1) is 12.3 Å². The lowest BCUT2D eigenvalue weighted by molar-refractivity contribution is 0.0680. The number of thiazole rings is 1. The third-order valence-corrected chi connectivity index (χ3v) is 4.48. The Morgan fingerprint density at radius 2 is 2.23 bits per heavy atom. The van der Waals surface area contributed by atoms with Crippen LogP contribution < -0.4 is 14.8 Å². The highest BCUT2D eigenvalue weighted by atomic mass is 32.1. The van der Waals surface area contributed by atoms with Crippen molar-refractivity contribution in [3.63, 3.8) is 0 Å². The minimum absolute atomic E-state index is 0.114. The molecule has 1 N–H and O–H groups in total. The van der Waals surface area contributed by atoms with Crippen molar-refractivity contribution >= 4 is 22.3 Å². The van der Waals surface area contributed by atoms with E-state index >= 15 is 0 Å². The van der Waals surface area contributed by atoms with Crippen molar-refractivity contribution < 1.29 is 14.2 Å². The predicted molar refractivity (Wildman–Crippen MR) is 98.4 cm³/mol. The normalized spacial score (nSPS) is 16.4. The van der Waals surface area contributed by atoms with Gasteiger partial charge >= 0.3 is 0 Å². The molecule has 4 heterocycles. The van der Waals surface area contributed by atoms with E-state index in [1.54, 1.807) is 30.7 Å². The molecule has 134 valence electrons. The molecule has 26 heavy (non-hydrogen) atoms. The Balaban J connectivity index is 1.53. The number of pyridine rings is 2. The highest BCUT2D eigenvalue weighted by molar-refractivity contribution is 7.13. The van der Waals surface area contributed by atoms with Gasteiger partial charge in [-0.25, -0.2) is 15.0 Å². The van der Waals surface area contributed by atoms with Gasteiger partial charge in [0, 0.05) is 36.5 Å². The largest absolute Gasteiger partial charge is 0.487 e. The van der Waals surface area contributed by atoms with Gasteiger partial charge in [0.2, 0.25) is 5.88 Å². The fourth-order valence-corrected chi connectivity index (χ4v) is 3.09. The monoisotopic (exact) mass is 370 g/mol. The molecule has 3 aromatic rings. The zero-order valence-electron chi connectivity index (χ0n) is 14.0. The SMILES string of the molecule is c1ccc(Oc2cnc(Nc3nccs3)c(OCC3CCCO3)c2)nc1. The molecule has 0 spiro atoms. The van der Waals surface area contributed by atoms with Gasteiger partial charge in [0.25, 0.3) is 0 Å². The molecule has 0 aliphatic carbocycles. The molecule has 1 unspecified atom stereocenters. The molecule has 0 bridgehead atoms. The summed E-state index contributed by atoms with van der Waals surface area (Å²) in [6, 6.07) is 7.28. The molecular weight excluding hydrogens is 352 g/mol. The summed E-state index contributed by atoms with van der Waals surface area (Å²) < 4.78 is 17.4. The maximum atomic E-state index is 5.97. The lowest BCUT2D eigenvalue weighted by Gasteiger charge is -2.15. The highest BCUT2D eigenvalue weighted by Gasteiger charge is 2.18. The summed E-state index contributed by atoms with van der Waals surface area (Å²) in [5, 5.41) is 5.82. The number of hydrogen-bond acceptors (Lipinski definition) is 8. The Morgan fingerprint density at radius 1 is 1.23 bits per heavy atom. The summed E-state index contributed by atoms with van der Waals surface area (Å²) in [6.45, 7) is 1.26. The second-order valence-electron chi connectivity index (χ2n) is 5.70. The van der Waals surface area contributed by atoms with Crippen LogP contribution in [-0.4, -0.2) is 34.3 Å². The molecule has 8 heteroatoms. The summed E-state index contributed by atoms with van der Waals surface area (Å²) in [5.74, 6) is 2.23. The molecule has 1 aliphatic heterocycles. The third kappa shape index (κ3) is 4.27. The average molecular weight is 370 g/mol. The summed E-state index contributed by atoms with van der Waals surface area (Å²) in [7, 11) is 0. The lowest BCUT2D eigenvalue weighted by atomic mass is 10.2. The summed E-state index contributed by atoms with van der Waals surface area (Å²) in [6.07, 6.45) is 7.23. The highest BCUT2D eigenvalue weighted by Crippen LogP contribution is 2.32. The van der Waals surface area contributed by atoms with Crippen LogP contribution in [0.3, 0.4) is 0 Å². The van der Waals surface area contributed by atoms with Gasteiger partial charge in [-0.15, -0.1) is 11.3 Å². The topological polar surface area (TPSA) is 78.4 Å². The predicted octanol–water partition coefficient (Wildman–Crippen LogP) is 4.03. The first-order valence-corrected chi connectivity index (χ1v) is 9.24. The first-order chi connectivity index (χ1) is 12.9. The van der Waals surface area contributed by atoms with Gasteiger partial charge in [-0.2, -0.15) is 0 Å². The van der Waals surface area contributed by atoms with E-state index < -0.39 is 0 Å². The number of nitrogens with zero attached hydrogens (tertiary/aromatic N) is 3. The van der Waals surface area contributed by atoms with Crippen LogP contribution >= 0.6 is 11.3 Å². The molecule has 1 fully saturated rings.